The van der Waals surface area contributed by atoms with Crippen LogP contribution in [0.4, 0.5) is 4.39 Å². The highest BCUT2D eigenvalue weighted by molar-refractivity contribution is 14.1. The number of nitrogens with one attached hydrogen (secondary N) is 1. The molecule has 6 nitrogen and oxygen atoms in total. The van der Waals surface area contributed by atoms with Gasteiger partial charge in [-0.05, 0) is 82.2 Å². The fraction of sp³-hybridized carbons (Fsp3) is 0.0833. The van der Waals surface area contributed by atoms with Crippen LogP contribution in [0.5, 0.6) is 11.5 Å². The third-order valence-electron chi connectivity index (χ3n) is 4.61. The molecule has 0 unspecified atom stereocenters. The predicted molar refractivity (Wildman–Crippen MR) is 135 cm³/mol. The van der Waals surface area contributed by atoms with Gasteiger partial charge >= 0.3 is 5.91 Å². The van der Waals surface area contributed by atoms with Crippen LogP contribution < -0.4 is 14.9 Å². The number of benzene rings is 3. The Morgan fingerprint density at radius 2 is 2.03 bits per heavy atom. The van der Waals surface area contributed by atoms with Gasteiger partial charge in [-0.25, -0.2) is 9.82 Å². The van der Waals surface area contributed by atoms with Crippen LogP contribution >= 0.6 is 38.5 Å². The number of carbonyl (C=O) groups excluding carboxylic acids is 1. The molecule has 1 aromatic heterocycles. The highest BCUT2D eigenvalue weighted by Crippen LogP contribution is 2.29. The minimum atomic E-state index is -0.462. The molecule has 0 saturated heterocycles. The summed E-state index contributed by atoms with van der Waals surface area (Å²) in [7, 11) is 1.52. The second-order valence-electron chi connectivity index (χ2n) is 6.94. The summed E-state index contributed by atoms with van der Waals surface area (Å²) in [5.41, 5.74) is 4.50. The fourth-order valence-electron chi connectivity index (χ4n) is 3.08. The average Bonchev–Trinajstić information content (AvgIpc) is 3.22. The summed E-state index contributed by atoms with van der Waals surface area (Å²) in [6.45, 7) is 0.199. The summed E-state index contributed by atoms with van der Waals surface area (Å²) in [4.78, 5) is 12.4. The second-order valence-corrected chi connectivity index (χ2v) is 9.02. The number of ether oxygens (including phenoxy) is 2. The Kier molecular flexibility index (Phi) is 7.29. The van der Waals surface area contributed by atoms with Crippen LogP contribution in [0.1, 0.15) is 21.7 Å². The summed E-state index contributed by atoms with van der Waals surface area (Å²) in [5.74, 6) is 0.375. The lowest BCUT2D eigenvalue weighted by molar-refractivity contribution is 0.0929. The number of hydrazone groups is 1. The minimum Gasteiger partial charge on any atom is -0.493 e. The van der Waals surface area contributed by atoms with Crippen LogP contribution in [0.2, 0.25) is 0 Å². The van der Waals surface area contributed by atoms with Gasteiger partial charge in [0.2, 0.25) is 0 Å². The molecule has 4 rings (SSSR count). The van der Waals surface area contributed by atoms with E-state index in [0.29, 0.717) is 28.2 Å². The van der Waals surface area contributed by atoms with E-state index < -0.39 is 5.91 Å². The van der Waals surface area contributed by atoms with Crippen LogP contribution in [-0.4, -0.2) is 19.2 Å². The summed E-state index contributed by atoms with van der Waals surface area (Å²) >= 11 is 5.59. The van der Waals surface area contributed by atoms with Crippen molar-refractivity contribution in [1.82, 2.24) is 5.43 Å². The molecule has 0 spiro atoms. The molecule has 1 heterocycles. The van der Waals surface area contributed by atoms with Crippen molar-refractivity contribution < 1.29 is 23.1 Å². The topological polar surface area (TPSA) is 73.1 Å². The van der Waals surface area contributed by atoms with Gasteiger partial charge in [-0.3, -0.25) is 4.79 Å². The van der Waals surface area contributed by atoms with E-state index >= 15 is 0 Å². The van der Waals surface area contributed by atoms with Crippen LogP contribution in [-0.2, 0) is 6.61 Å². The van der Waals surface area contributed by atoms with Gasteiger partial charge in [-0.2, -0.15) is 5.10 Å². The Morgan fingerprint density at radius 1 is 1.18 bits per heavy atom. The first-order valence-electron chi connectivity index (χ1n) is 9.70. The standard InChI is InChI=1S/C24H17BrFIN2O4/c1-31-21-8-14(5-6-20(21)32-13-15-3-2-4-18(26)7-15)12-28-29-24(30)22-10-16-9-17(25)11-19(27)23(16)33-22/h2-12H,13H2,1H3,(H,29,30)/b28-12-. The molecular weight excluding hydrogens is 606 g/mol. The Balaban J connectivity index is 1.41. The number of fused-ring (bicyclic) bond motifs is 1. The summed E-state index contributed by atoms with van der Waals surface area (Å²) in [6.07, 6.45) is 1.49. The van der Waals surface area contributed by atoms with Crippen LogP contribution in [0, 0.1) is 9.39 Å². The molecule has 0 aliphatic rings. The van der Waals surface area contributed by atoms with Crippen molar-refractivity contribution in [2.24, 2.45) is 5.10 Å². The molecule has 0 aliphatic carbocycles. The number of carbonyl (C=O) groups is 1. The molecule has 0 radical (unpaired) electrons. The Bertz CT molecular complexity index is 1360. The van der Waals surface area contributed by atoms with E-state index in [2.05, 4.69) is 49.0 Å². The van der Waals surface area contributed by atoms with E-state index in [0.717, 1.165) is 13.4 Å². The molecule has 1 N–H and O–H groups in total. The maximum absolute atomic E-state index is 13.3. The molecule has 9 heteroatoms. The lowest BCUT2D eigenvalue weighted by Crippen LogP contribution is -2.16. The Hall–Kier alpha value is -2.92. The number of furan rings is 1. The normalized spacial score (nSPS) is 11.2. The van der Waals surface area contributed by atoms with Gasteiger partial charge in [0.05, 0.1) is 16.9 Å². The Labute approximate surface area is 211 Å². The largest absolute Gasteiger partial charge is 0.493 e. The number of nitrogens with zero attached hydrogens (tertiary/aromatic N) is 1. The van der Waals surface area contributed by atoms with Crippen molar-refractivity contribution in [3.8, 4) is 11.5 Å². The van der Waals surface area contributed by atoms with Crippen molar-refractivity contribution in [2.75, 3.05) is 7.11 Å². The van der Waals surface area contributed by atoms with Gasteiger partial charge in [0.25, 0.3) is 0 Å². The summed E-state index contributed by atoms with van der Waals surface area (Å²) in [5, 5.41) is 4.82. The fourth-order valence-corrected chi connectivity index (χ4v) is 4.74. The number of rotatable bonds is 7. The zero-order valence-corrected chi connectivity index (χ0v) is 21.0. The molecule has 0 fully saturated rings. The van der Waals surface area contributed by atoms with Gasteiger partial charge in [0.15, 0.2) is 17.3 Å². The summed E-state index contributed by atoms with van der Waals surface area (Å²) < 4.78 is 31.9. The van der Waals surface area contributed by atoms with Crippen LogP contribution in [0.3, 0.4) is 0 Å². The van der Waals surface area contributed by atoms with E-state index in [-0.39, 0.29) is 18.2 Å². The SMILES string of the molecule is COc1cc(/C=N\NC(=O)c2cc3cc(Br)cc(I)c3o2)ccc1OCc1cccc(F)c1. The average molecular weight is 623 g/mol. The highest BCUT2D eigenvalue weighted by atomic mass is 127. The first kappa shape index (κ1) is 23.2. The van der Waals surface area contributed by atoms with Gasteiger partial charge in [0.1, 0.15) is 18.0 Å². The molecule has 0 aliphatic heterocycles. The van der Waals surface area contributed by atoms with E-state index in [4.69, 9.17) is 13.9 Å². The Morgan fingerprint density at radius 3 is 2.82 bits per heavy atom. The predicted octanol–water partition coefficient (Wildman–Crippen LogP) is 6.29. The van der Waals surface area contributed by atoms with Crippen LogP contribution in [0.25, 0.3) is 11.0 Å². The van der Waals surface area contributed by atoms with Crippen molar-refractivity contribution in [3.05, 3.63) is 91.4 Å². The number of hydrogen-bond acceptors (Lipinski definition) is 5. The number of amides is 1. The maximum Gasteiger partial charge on any atom is 0.307 e. The highest BCUT2D eigenvalue weighted by Gasteiger charge is 2.14. The quantitative estimate of drug-likeness (QED) is 0.149. The van der Waals surface area contributed by atoms with Crippen molar-refractivity contribution in [2.45, 2.75) is 6.61 Å². The lowest BCUT2D eigenvalue weighted by Gasteiger charge is -2.11. The van der Waals surface area contributed by atoms with Crippen LogP contribution in [0.15, 0.2) is 74.7 Å². The molecule has 4 aromatic rings. The third-order valence-corrected chi connectivity index (χ3v) is 5.87. The van der Waals surface area contributed by atoms with Crippen molar-refractivity contribution >= 4 is 61.6 Å². The monoisotopic (exact) mass is 622 g/mol. The van der Waals surface area contributed by atoms with E-state index in [1.807, 2.05) is 12.1 Å². The second kappa shape index (κ2) is 10.3. The van der Waals surface area contributed by atoms with Gasteiger partial charge in [-0.1, -0.05) is 28.1 Å². The first-order valence-corrected chi connectivity index (χ1v) is 11.6. The number of methoxy groups -OCH3 is 1. The van der Waals surface area contributed by atoms with Gasteiger partial charge in [-0.15, -0.1) is 0 Å². The zero-order valence-electron chi connectivity index (χ0n) is 17.3. The third kappa shape index (κ3) is 5.72. The molecule has 0 atom stereocenters. The van der Waals surface area contributed by atoms with E-state index in [1.54, 1.807) is 36.4 Å². The number of hydrogen-bond donors (Lipinski definition) is 1. The molecule has 1 amide bonds. The van der Waals surface area contributed by atoms with Crippen molar-refractivity contribution in [3.63, 3.8) is 0 Å². The smallest absolute Gasteiger partial charge is 0.307 e. The van der Waals surface area contributed by atoms with Gasteiger partial charge in [0, 0.05) is 9.86 Å². The molecule has 33 heavy (non-hydrogen) atoms. The zero-order chi connectivity index (χ0) is 23.4. The first-order chi connectivity index (χ1) is 15.9. The lowest BCUT2D eigenvalue weighted by atomic mass is 10.2. The van der Waals surface area contributed by atoms with Gasteiger partial charge < -0.3 is 13.9 Å². The van der Waals surface area contributed by atoms with E-state index in [9.17, 15) is 9.18 Å². The van der Waals surface area contributed by atoms with Crippen molar-refractivity contribution in [1.29, 1.82) is 0 Å². The molecule has 0 bridgehead atoms. The van der Waals surface area contributed by atoms with E-state index in [1.165, 1.54) is 25.5 Å². The molecule has 168 valence electrons. The molecule has 3 aromatic carbocycles. The number of halogens is 3. The minimum absolute atomic E-state index is 0.164. The molecular formula is C24H17BrFIN2O4. The summed E-state index contributed by atoms with van der Waals surface area (Å²) in [6, 6.07) is 16.9. The molecule has 0 saturated carbocycles. The maximum atomic E-state index is 13.3.